The minimum absolute atomic E-state index is 0.152. The summed E-state index contributed by atoms with van der Waals surface area (Å²) < 4.78 is 0. The van der Waals surface area contributed by atoms with Crippen molar-refractivity contribution in [2.45, 2.75) is 4.90 Å². The van der Waals surface area contributed by atoms with Gasteiger partial charge in [0, 0.05) is 17.2 Å². The number of carbonyl (C=O) groups is 1. The van der Waals surface area contributed by atoms with E-state index in [1.807, 2.05) is 14.1 Å². The number of hydrogen-bond donors (Lipinski definition) is 1. The van der Waals surface area contributed by atoms with Gasteiger partial charge in [0.25, 0.3) is 0 Å². The largest absolute Gasteiger partial charge is 0.478 e. The van der Waals surface area contributed by atoms with Crippen LogP contribution in [0.4, 0.5) is 0 Å². The smallest absolute Gasteiger partial charge is 0.337 e. The van der Waals surface area contributed by atoms with Crippen LogP contribution in [0.15, 0.2) is 23.1 Å². The molecule has 3 nitrogen and oxygen atoms in total. The first-order chi connectivity index (χ1) is 7.50. The van der Waals surface area contributed by atoms with E-state index in [0.717, 1.165) is 17.2 Å². The Kier molecular flexibility index (Phi) is 5.12. The maximum atomic E-state index is 10.7. The Hall–Kier alpha value is -0.710. The lowest BCUT2D eigenvalue weighted by molar-refractivity contribution is 0.0697. The molecule has 0 aliphatic heterocycles. The minimum Gasteiger partial charge on any atom is -0.478 e. The fourth-order valence-corrected chi connectivity index (χ4v) is 2.49. The van der Waals surface area contributed by atoms with Crippen molar-refractivity contribution in [2.75, 3.05) is 26.4 Å². The molecule has 0 unspecified atom stereocenters. The molecule has 0 spiro atoms. The summed E-state index contributed by atoms with van der Waals surface area (Å²) in [5, 5.41) is 9.10. The third kappa shape index (κ3) is 4.04. The molecule has 88 valence electrons. The maximum absolute atomic E-state index is 10.7. The third-order valence-electron chi connectivity index (χ3n) is 1.98. The first-order valence-electron chi connectivity index (χ1n) is 4.81. The Bertz CT molecular complexity index is 382. The number of hydrogen-bond acceptors (Lipinski definition) is 3. The zero-order chi connectivity index (χ0) is 12.1. The van der Waals surface area contributed by atoms with Gasteiger partial charge in [0.05, 0.1) is 10.6 Å². The Morgan fingerprint density at radius 1 is 1.50 bits per heavy atom. The van der Waals surface area contributed by atoms with Gasteiger partial charge >= 0.3 is 5.97 Å². The highest BCUT2D eigenvalue weighted by Crippen LogP contribution is 2.24. The van der Waals surface area contributed by atoms with E-state index in [1.54, 1.807) is 30.0 Å². The molecule has 0 bridgehead atoms. The van der Waals surface area contributed by atoms with Crippen LogP contribution in [0.2, 0.25) is 5.02 Å². The number of thioether (sulfide) groups is 1. The molecule has 0 radical (unpaired) electrons. The lowest BCUT2D eigenvalue weighted by Crippen LogP contribution is -2.14. The molecule has 1 N–H and O–H groups in total. The summed E-state index contributed by atoms with van der Waals surface area (Å²) in [6.07, 6.45) is 0. The first kappa shape index (κ1) is 13.4. The van der Waals surface area contributed by atoms with Gasteiger partial charge in [-0.15, -0.1) is 11.8 Å². The monoisotopic (exact) mass is 259 g/mol. The van der Waals surface area contributed by atoms with Gasteiger partial charge in [-0.25, -0.2) is 4.79 Å². The highest BCUT2D eigenvalue weighted by molar-refractivity contribution is 7.99. The Morgan fingerprint density at radius 3 is 2.69 bits per heavy atom. The molecule has 0 saturated carbocycles. The molecule has 5 heteroatoms. The van der Waals surface area contributed by atoms with Crippen molar-refractivity contribution in [1.29, 1.82) is 0 Å². The van der Waals surface area contributed by atoms with Crippen molar-refractivity contribution in [3.63, 3.8) is 0 Å². The van der Waals surface area contributed by atoms with E-state index in [0.29, 0.717) is 5.02 Å². The summed E-state index contributed by atoms with van der Waals surface area (Å²) in [5.74, 6) is -0.0368. The van der Waals surface area contributed by atoms with Gasteiger partial charge in [-0.3, -0.25) is 0 Å². The molecule has 0 aromatic heterocycles. The van der Waals surface area contributed by atoms with Gasteiger partial charge in [0.15, 0.2) is 0 Å². The quantitative estimate of drug-likeness (QED) is 0.826. The number of carboxylic acids is 1. The van der Waals surface area contributed by atoms with Gasteiger partial charge < -0.3 is 10.0 Å². The average molecular weight is 260 g/mol. The van der Waals surface area contributed by atoms with Gasteiger partial charge in [0.1, 0.15) is 0 Å². The minimum atomic E-state index is -0.991. The van der Waals surface area contributed by atoms with Crippen molar-refractivity contribution in [3.05, 3.63) is 28.8 Å². The molecule has 0 aliphatic rings. The Labute approximate surface area is 104 Å². The molecule has 0 atom stereocenters. The predicted molar refractivity (Wildman–Crippen MR) is 67.7 cm³/mol. The molecular formula is C11H14ClNO2S. The van der Waals surface area contributed by atoms with Crippen LogP contribution in [0.3, 0.4) is 0 Å². The molecule has 0 amide bonds. The highest BCUT2D eigenvalue weighted by Gasteiger charge is 2.08. The molecule has 0 saturated heterocycles. The summed E-state index contributed by atoms with van der Waals surface area (Å²) in [6.45, 7) is 0.975. The van der Waals surface area contributed by atoms with Crippen LogP contribution in [-0.4, -0.2) is 42.4 Å². The van der Waals surface area contributed by atoms with Crippen LogP contribution in [0.5, 0.6) is 0 Å². The summed E-state index contributed by atoms with van der Waals surface area (Å²) >= 11 is 7.53. The third-order valence-corrected chi connectivity index (χ3v) is 3.26. The SMILES string of the molecule is CN(C)CCSc1ccc(C(=O)O)c(Cl)c1. The second-order valence-corrected chi connectivity index (χ2v) is 5.17. The summed E-state index contributed by atoms with van der Waals surface area (Å²) in [5.41, 5.74) is 0.152. The number of aromatic carboxylic acids is 1. The molecule has 0 heterocycles. The highest BCUT2D eigenvalue weighted by atomic mass is 35.5. The second-order valence-electron chi connectivity index (χ2n) is 3.60. The van der Waals surface area contributed by atoms with Crippen LogP contribution >= 0.6 is 23.4 Å². The molecule has 16 heavy (non-hydrogen) atoms. The van der Waals surface area contributed by atoms with E-state index in [-0.39, 0.29) is 5.56 Å². The van der Waals surface area contributed by atoms with Crippen molar-refractivity contribution in [2.24, 2.45) is 0 Å². The normalized spacial score (nSPS) is 10.8. The molecule has 0 aliphatic carbocycles. The van der Waals surface area contributed by atoms with Crippen LogP contribution in [0.1, 0.15) is 10.4 Å². The summed E-state index contributed by atoms with van der Waals surface area (Å²) in [4.78, 5) is 13.8. The Morgan fingerprint density at radius 2 is 2.19 bits per heavy atom. The van der Waals surface area contributed by atoms with Crippen LogP contribution < -0.4 is 0 Å². The number of nitrogens with zero attached hydrogens (tertiary/aromatic N) is 1. The van der Waals surface area contributed by atoms with E-state index in [9.17, 15) is 4.79 Å². The van der Waals surface area contributed by atoms with Crippen molar-refractivity contribution < 1.29 is 9.90 Å². The van der Waals surface area contributed by atoms with E-state index < -0.39 is 5.97 Å². The summed E-state index contributed by atoms with van der Waals surface area (Å²) in [7, 11) is 4.03. The molecule has 1 aromatic rings. The van der Waals surface area contributed by atoms with Crippen LogP contribution in [-0.2, 0) is 0 Å². The lowest BCUT2D eigenvalue weighted by Gasteiger charge is -2.09. The van der Waals surface area contributed by atoms with Crippen LogP contribution in [0, 0.1) is 0 Å². The van der Waals surface area contributed by atoms with Gasteiger partial charge in [0.2, 0.25) is 0 Å². The van der Waals surface area contributed by atoms with E-state index >= 15 is 0 Å². The fraction of sp³-hybridized carbons (Fsp3) is 0.364. The zero-order valence-corrected chi connectivity index (χ0v) is 10.8. The molecule has 0 fully saturated rings. The standard InChI is InChI=1S/C11H14ClNO2S/c1-13(2)5-6-16-8-3-4-9(11(14)15)10(12)7-8/h3-4,7H,5-6H2,1-2H3,(H,14,15). The number of halogens is 1. The zero-order valence-electron chi connectivity index (χ0n) is 9.24. The van der Waals surface area contributed by atoms with Crippen molar-refractivity contribution in [3.8, 4) is 0 Å². The van der Waals surface area contributed by atoms with Crippen molar-refractivity contribution in [1.82, 2.24) is 4.90 Å². The Balaban J connectivity index is 2.63. The summed E-state index contributed by atoms with van der Waals surface area (Å²) in [6, 6.07) is 5.03. The molecular weight excluding hydrogens is 246 g/mol. The lowest BCUT2D eigenvalue weighted by atomic mass is 10.2. The van der Waals surface area contributed by atoms with Gasteiger partial charge in [-0.1, -0.05) is 11.6 Å². The van der Waals surface area contributed by atoms with E-state index in [2.05, 4.69) is 4.90 Å². The van der Waals surface area contributed by atoms with Gasteiger partial charge in [-0.05, 0) is 32.3 Å². The van der Waals surface area contributed by atoms with Crippen LogP contribution in [0.25, 0.3) is 0 Å². The number of rotatable bonds is 5. The van der Waals surface area contributed by atoms with Gasteiger partial charge in [-0.2, -0.15) is 0 Å². The predicted octanol–water partition coefficient (Wildman–Crippen LogP) is 2.69. The number of benzene rings is 1. The fourth-order valence-electron chi connectivity index (χ4n) is 1.11. The maximum Gasteiger partial charge on any atom is 0.337 e. The average Bonchev–Trinajstić information content (AvgIpc) is 2.16. The molecule has 1 rings (SSSR count). The van der Waals surface area contributed by atoms with E-state index in [1.165, 1.54) is 0 Å². The topological polar surface area (TPSA) is 40.5 Å². The second kappa shape index (κ2) is 6.13. The number of carboxylic acid groups (broad SMARTS) is 1. The first-order valence-corrected chi connectivity index (χ1v) is 6.17. The van der Waals surface area contributed by atoms with Crippen molar-refractivity contribution >= 4 is 29.3 Å². The van der Waals surface area contributed by atoms with E-state index in [4.69, 9.17) is 16.7 Å². The molecule has 1 aromatic carbocycles.